The molecule has 0 aliphatic heterocycles. The van der Waals surface area contributed by atoms with Crippen LogP contribution in [0.3, 0.4) is 0 Å². The van der Waals surface area contributed by atoms with Gasteiger partial charge >= 0.3 is 0 Å². The summed E-state index contributed by atoms with van der Waals surface area (Å²) in [5.41, 5.74) is 1.29. The van der Waals surface area contributed by atoms with Gasteiger partial charge in [-0.3, -0.25) is 0 Å². The van der Waals surface area contributed by atoms with E-state index in [0.717, 1.165) is 18.9 Å². The number of hydrogen-bond acceptors (Lipinski definition) is 5. The Hall–Kier alpha value is -0.0400. The van der Waals surface area contributed by atoms with Crippen molar-refractivity contribution in [2.45, 2.75) is 14.4 Å². The van der Waals surface area contributed by atoms with E-state index in [9.17, 15) is 0 Å². The summed E-state index contributed by atoms with van der Waals surface area (Å²) >= 11 is 8.48. The average molecular weight is 333 g/mol. The van der Waals surface area contributed by atoms with Crippen molar-refractivity contribution in [2.24, 2.45) is 0 Å². The molecule has 0 fully saturated rings. The lowest BCUT2D eigenvalue weighted by Crippen LogP contribution is -1.79. The molecule has 0 saturated carbocycles. The molecule has 0 amide bonds. The fourth-order valence-corrected chi connectivity index (χ4v) is 3.94. The minimum absolute atomic E-state index is 0.933. The molecule has 0 spiro atoms. The SMILES string of the molecule is CSc1nnc(SCc2cccc(Br)c2)s1. The van der Waals surface area contributed by atoms with Crippen LogP contribution in [0.15, 0.2) is 37.4 Å². The lowest BCUT2D eigenvalue weighted by molar-refractivity contribution is 0.955. The molecular formula is C10H9BrN2S3. The van der Waals surface area contributed by atoms with Crippen LogP contribution in [0, 0.1) is 0 Å². The van der Waals surface area contributed by atoms with Gasteiger partial charge in [-0.2, -0.15) is 0 Å². The zero-order valence-electron chi connectivity index (χ0n) is 8.51. The van der Waals surface area contributed by atoms with Crippen LogP contribution in [-0.4, -0.2) is 16.5 Å². The highest BCUT2D eigenvalue weighted by Gasteiger charge is 2.04. The van der Waals surface area contributed by atoms with Gasteiger partial charge in [-0.05, 0) is 24.0 Å². The fraction of sp³-hybridized carbons (Fsp3) is 0.200. The highest BCUT2D eigenvalue weighted by atomic mass is 79.9. The highest BCUT2D eigenvalue weighted by molar-refractivity contribution is 9.10. The molecule has 84 valence electrons. The maximum Gasteiger partial charge on any atom is 0.175 e. The first-order valence-corrected chi connectivity index (χ1v) is 8.34. The van der Waals surface area contributed by atoms with E-state index in [1.165, 1.54) is 5.56 Å². The first-order chi connectivity index (χ1) is 7.78. The van der Waals surface area contributed by atoms with E-state index in [1.54, 1.807) is 34.9 Å². The van der Waals surface area contributed by atoms with Gasteiger partial charge in [-0.15, -0.1) is 10.2 Å². The summed E-state index contributed by atoms with van der Waals surface area (Å²) in [5.74, 6) is 0.933. The quantitative estimate of drug-likeness (QED) is 0.779. The largest absolute Gasteiger partial charge is 0.175 e. The Morgan fingerprint density at radius 2 is 2.12 bits per heavy atom. The Balaban J connectivity index is 1.96. The van der Waals surface area contributed by atoms with Crippen LogP contribution in [0.1, 0.15) is 5.56 Å². The lowest BCUT2D eigenvalue weighted by Gasteiger charge is -1.98. The summed E-state index contributed by atoms with van der Waals surface area (Å²) in [6.45, 7) is 0. The number of halogens is 1. The smallest absolute Gasteiger partial charge is 0.131 e. The predicted molar refractivity (Wildman–Crippen MR) is 75.4 cm³/mol. The van der Waals surface area contributed by atoms with Crippen LogP contribution < -0.4 is 0 Å². The van der Waals surface area contributed by atoms with Gasteiger partial charge in [0.05, 0.1) is 0 Å². The second-order valence-corrected chi connectivity index (χ2v) is 7.13. The van der Waals surface area contributed by atoms with Gasteiger partial charge in [0.25, 0.3) is 0 Å². The van der Waals surface area contributed by atoms with Crippen molar-refractivity contribution < 1.29 is 0 Å². The van der Waals surface area contributed by atoms with Crippen molar-refractivity contribution in [1.82, 2.24) is 10.2 Å². The van der Waals surface area contributed by atoms with Crippen LogP contribution in [0.4, 0.5) is 0 Å². The Morgan fingerprint density at radius 1 is 1.31 bits per heavy atom. The Morgan fingerprint density at radius 3 is 2.81 bits per heavy atom. The summed E-state index contributed by atoms with van der Waals surface area (Å²) in [4.78, 5) is 0. The number of aromatic nitrogens is 2. The summed E-state index contributed by atoms with van der Waals surface area (Å²) in [7, 11) is 0. The van der Waals surface area contributed by atoms with E-state index in [4.69, 9.17) is 0 Å². The van der Waals surface area contributed by atoms with Gasteiger partial charge in [0.2, 0.25) is 0 Å². The van der Waals surface area contributed by atoms with Crippen molar-refractivity contribution in [3.63, 3.8) is 0 Å². The number of rotatable bonds is 4. The minimum atomic E-state index is 0.933. The summed E-state index contributed by atoms with van der Waals surface area (Å²) in [5, 5.41) is 8.19. The van der Waals surface area contributed by atoms with Crippen molar-refractivity contribution >= 4 is 50.8 Å². The number of hydrogen-bond donors (Lipinski definition) is 0. The molecule has 16 heavy (non-hydrogen) atoms. The summed E-state index contributed by atoms with van der Waals surface area (Å²) in [6.07, 6.45) is 2.02. The van der Waals surface area contributed by atoms with Gasteiger partial charge in [0, 0.05) is 10.2 Å². The van der Waals surface area contributed by atoms with E-state index in [0.29, 0.717) is 0 Å². The molecule has 0 atom stereocenters. The normalized spacial score (nSPS) is 10.6. The molecule has 0 saturated heterocycles. The monoisotopic (exact) mass is 332 g/mol. The van der Waals surface area contributed by atoms with Crippen LogP contribution >= 0.6 is 50.8 Å². The third-order valence-corrected chi connectivity index (χ3v) is 5.41. The van der Waals surface area contributed by atoms with E-state index < -0.39 is 0 Å². The molecule has 2 aromatic rings. The standard InChI is InChI=1S/C10H9BrN2S3/c1-14-9-12-13-10(16-9)15-6-7-3-2-4-8(11)5-7/h2-5H,6H2,1H3. The zero-order valence-corrected chi connectivity index (χ0v) is 12.5. The van der Waals surface area contributed by atoms with Gasteiger partial charge in [0.15, 0.2) is 8.68 Å². The molecule has 1 aromatic heterocycles. The molecule has 2 rings (SSSR count). The van der Waals surface area contributed by atoms with E-state index in [-0.39, 0.29) is 0 Å². The second kappa shape index (κ2) is 6.05. The average Bonchev–Trinajstić information content (AvgIpc) is 2.74. The molecule has 0 unspecified atom stereocenters. The summed E-state index contributed by atoms with van der Waals surface area (Å²) < 4.78 is 3.17. The Kier molecular flexibility index (Phi) is 4.69. The van der Waals surface area contributed by atoms with Crippen LogP contribution in [0.25, 0.3) is 0 Å². The molecular weight excluding hydrogens is 324 g/mol. The number of benzene rings is 1. The molecule has 0 aliphatic rings. The van der Waals surface area contributed by atoms with Crippen LogP contribution in [0.2, 0.25) is 0 Å². The molecule has 1 aromatic carbocycles. The molecule has 0 bridgehead atoms. The van der Waals surface area contributed by atoms with Gasteiger partial charge in [0.1, 0.15) is 0 Å². The molecule has 6 heteroatoms. The van der Waals surface area contributed by atoms with Crippen molar-refractivity contribution in [3.05, 3.63) is 34.3 Å². The number of thioether (sulfide) groups is 2. The van der Waals surface area contributed by atoms with E-state index in [2.05, 4.69) is 38.3 Å². The lowest BCUT2D eigenvalue weighted by atomic mass is 10.2. The minimum Gasteiger partial charge on any atom is -0.131 e. The molecule has 0 radical (unpaired) electrons. The molecule has 2 nitrogen and oxygen atoms in total. The topological polar surface area (TPSA) is 25.8 Å². The van der Waals surface area contributed by atoms with E-state index in [1.807, 2.05) is 18.4 Å². The Labute approximate surface area is 115 Å². The molecule has 1 heterocycles. The third-order valence-electron chi connectivity index (χ3n) is 1.81. The maximum absolute atomic E-state index is 4.12. The first-order valence-electron chi connectivity index (χ1n) is 4.52. The Bertz CT molecular complexity index is 473. The summed E-state index contributed by atoms with van der Waals surface area (Å²) in [6, 6.07) is 8.33. The van der Waals surface area contributed by atoms with Crippen molar-refractivity contribution in [1.29, 1.82) is 0 Å². The van der Waals surface area contributed by atoms with Gasteiger partial charge in [-0.1, -0.05) is 62.9 Å². The third kappa shape index (κ3) is 3.48. The van der Waals surface area contributed by atoms with Gasteiger partial charge in [-0.25, -0.2) is 0 Å². The van der Waals surface area contributed by atoms with Crippen LogP contribution in [-0.2, 0) is 5.75 Å². The predicted octanol–water partition coefficient (Wildman–Crippen LogP) is 4.31. The first kappa shape index (κ1) is 12.4. The van der Waals surface area contributed by atoms with Gasteiger partial charge < -0.3 is 0 Å². The second-order valence-electron chi connectivity index (χ2n) is 2.96. The zero-order chi connectivity index (χ0) is 11.4. The van der Waals surface area contributed by atoms with Crippen LogP contribution in [0.5, 0.6) is 0 Å². The highest BCUT2D eigenvalue weighted by Crippen LogP contribution is 2.29. The van der Waals surface area contributed by atoms with E-state index >= 15 is 0 Å². The van der Waals surface area contributed by atoms with Crippen molar-refractivity contribution in [3.8, 4) is 0 Å². The number of nitrogens with zero attached hydrogens (tertiary/aromatic N) is 2. The maximum atomic E-state index is 4.12. The van der Waals surface area contributed by atoms with Crippen molar-refractivity contribution in [2.75, 3.05) is 6.26 Å². The fourth-order valence-electron chi connectivity index (χ4n) is 1.11. The molecule has 0 aliphatic carbocycles. The molecule has 0 N–H and O–H groups in total.